The van der Waals surface area contributed by atoms with E-state index in [1.165, 1.54) is 11.1 Å². The SMILES string of the molecule is CC(C)(C)c1ccc2[c]c[nH]c2c1. The molecule has 1 nitrogen and oxygen atoms in total. The van der Waals surface area contributed by atoms with Gasteiger partial charge in [0, 0.05) is 23.2 Å². The highest BCUT2D eigenvalue weighted by Crippen LogP contribution is 2.24. The van der Waals surface area contributed by atoms with Crippen molar-refractivity contribution in [1.82, 2.24) is 4.98 Å². The molecule has 0 unspecified atom stereocenters. The molecule has 0 spiro atoms. The van der Waals surface area contributed by atoms with Gasteiger partial charge in [-0.2, -0.15) is 0 Å². The van der Waals surface area contributed by atoms with Gasteiger partial charge in [0.2, 0.25) is 0 Å². The van der Waals surface area contributed by atoms with Crippen LogP contribution in [-0.2, 0) is 5.41 Å². The Morgan fingerprint density at radius 1 is 1.23 bits per heavy atom. The molecule has 2 aromatic rings. The number of aromatic nitrogens is 1. The molecule has 1 heterocycles. The van der Waals surface area contributed by atoms with E-state index in [1.807, 2.05) is 6.20 Å². The summed E-state index contributed by atoms with van der Waals surface area (Å²) in [7, 11) is 0. The number of fused-ring (bicyclic) bond motifs is 1. The molecule has 0 amide bonds. The fraction of sp³-hybridized carbons (Fsp3) is 0.333. The van der Waals surface area contributed by atoms with Gasteiger partial charge >= 0.3 is 0 Å². The summed E-state index contributed by atoms with van der Waals surface area (Å²) in [4.78, 5) is 3.18. The fourth-order valence-electron chi connectivity index (χ4n) is 1.45. The predicted molar refractivity (Wildman–Crippen MR) is 55.8 cm³/mol. The predicted octanol–water partition coefficient (Wildman–Crippen LogP) is 3.27. The number of aromatic amines is 1. The first-order chi connectivity index (χ1) is 6.07. The molecule has 0 aliphatic heterocycles. The average molecular weight is 172 g/mol. The van der Waals surface area contributed by atoms with Gasteiger partial charge in [-0.3, -0.25) is 0 Å². The number of H-pyrrole nitrogens is 1. The van der Waals surface area contributed by atoms with Gasteiger partial charge in [0.25, 0.3) is 0 Å². The number of nitrogens with one attached hydrogen (secondary N) is 1. The van der Waals surface area contributed by atoms with Crippen LogP contribution in [0.1, 0.15) is 26.3 Å². The third-order valence-corrected chi connectivity index (χ3v) is 2.34. The van der Waals surface area contributed by atoms with E-state index in [1.54, 1.807) is 0 Å². The van der Waals surface area contributed by atoms with Crippen LogP contribution in [-0.4, -0.2) is 4.98 Å². The molecule has 0 aliphatic rings. The lowest BCUT2D eigenvalue weighted by Gasteiger charge is -2.18. The monoisotopic (exact) mass is 172 g/mol. The molecule has 1 aromatic heterocycles. The Labute approximate surface area is 78.8 Å². The highest BCUT2D eigenvalue weighted by atomic mass is 14.7. The highest BCUT2D eigenvalue weighted by molar-refractivity contribution is 5.79. The van der Waals surface area contributed by atoms with E-state index >= 15 is 0 Å². The molecule has 0 saturated heterocycles. The van der Waals surface area contributed by atoms with Crippen molar-refractivity contribution in [3.63, 3.8) is 0 Å². The minimum atomic E-state index is 0.222. The summed E-state index contributed by atoms with van der Waals surface area (Å²) < 4.78 is 0. The lowest BCUT2D eigenvalue weighted by molar-refractivity contribution is 0.591. The third kappa shape index (κ3) is 1.46. The second kappa shape index (κ2) is 2.63. The second-order valence-electron chi connectivity index (χ2n) is 4.44. The van der Waals surface area contributed by atoms with Crippen LogP contribution >= 0.6 is 0 Å². The topological polar surface area (TPSA) is 15.8 Å². The van der Waals surface area contributed by atoms with Crippen molar-refractivity contribution in [1.29, 1.82) is 0 Å². The molecular weight excluding hydrogens is 158 g/mol. The van der Waals surface area contributed by atoms with Gasteiger partial charge in [0.05, 0.1) is 0 Å². The van der Waals surface area contributed by atoms with Gasteiger partial charge < -0.3 is 4.98 Å². The first-order valence-corrected chi connectivity index (χ1v) is 4.57. The van der Waals surface area contributed by atoms with E-state index in [-0.39, 0.29) is 5.41 Å². The van der Waals surface area contributed by atoms with E-state index in [2.05, 4.69) is 50.0 Å². The van der Waals surface area contributed by atoms with Crippen LogP contribution in [0.2, 0.25) is 0 Å². The van der Waals surface area contributed by atoms with Crippen molar-refractivity contribution in [3.8, 4) is 0 Å². The van der Waals surface area contributed by atoms with Crippen LogP contribution in [0.5, 0.6) is 0 Å². The summed E-state index contributed by atoms with van der Waals surface area (Å²) in [6.45, 7) is 6.67. The summed E-state index contributed by atoms with van der Waals surface area (Å²) in [5.74, 6) is 0. The number of benzene rings is 1. The van der Waals surface area contributed by atoms with Crippen LogP contribution in [0, 0.1) is 6.07 Å². The first-order valence-electron chi connectivity index (χ1n) is 4.57. The fourth-order valence-corrected chi connectivity index (χ4v) is 1.45. The van der Waals surface area contributed by atoms with E-state index in [0.717, 1.165) is 5.39 Å². The van der Waals surface area contributed by atoms with Crippen molar-refractivity contribution in [2.75, 3.05) is 0 Å². The molecule has 0 bridgehead atoms. The second-order valence-corrected chi connectivity index (χ2v) is 4.44. The van der Waals surface area contributed by atoms with E-state index in [9.17, 15) is 0 Å². The summed E-state index contributed by atoms with van der Waals surface area (Å²) >= 11 is 0. The van der Waals surface area contributed by atoms with Crippen molar-refractivity contribution in [3.05, 3.63) is 36.0 Å². The molecule has 1 N–H and O–H groups in total. The zero-order valence-corrected chi connectivity index (χ0v) is 8.31. The summed E-state index contributed by atoms with van der Waals surface area (Å²) in [6, 6.07) is 9.63. The van der Waals surface area contributed by atoms with Gasteiger partial charge in [0.15, 0.2) is 0 Å². The largest absolute Gasteiger partial charge is 0.361 e. The Morgan fingerprint density at radius 3 is 2.69 bits per heavy atom. The van der Waals surface area contributed by atoms with Gasteiger partial charge in [-0.05, 0) is 17.0 Å². The Hall–Kier alpha value is -1.24. The Kier molecular flexibility index (Phi) is 1.69. The number of hydrogen-bond donors (Lipinski definition) is 1. The van der Waals surface area contributed by atoms with Crippen LogP contribution in [0.4, 0.5) is 0 Å². The molecule has 0 atom stereocenters. The van der Waals surface area contributed by atoms with Crippen LogP contribution < -0.4 is 0 Å². The summed E-state index contributed by atoms with van der Waals surface area (Å²) in [5, 5.41) is 1.16. The Balaban J connectivity index is 2.61. The molecule has 13 heavy (non-hydrogen) atoms. The Bertz CT molecular complexity index is 418. The molecule has 2 rings (SSSR count). The zero-order chi connectivity index (χ0) is 9.47. The Morgan fingerprint density at radius 2 is 2.00 bits per heavy atom. The standard InChI is InChI=1S/C12H14N/c1-12(2,3)10-5-4-9-6-7-13-11(9)8-10/h4-5,7-8,13H,1-3H3. The molecule has 1 aromatic carbocycles. The van der Waals surface area contributed by atoms with E-state index < -0.39 is 0 Å². The van der Waals surface area contributed by atoms with Crippen molar-refractivity contribution in [2.45, 2.75) is 26.2 Å². The van der Waals surface area contributed by atoms with Crippen molar-refractivity contribution < 1.29 is 0 Å². The normalized spacial score (nSPS) is 12.2. The van der Waals surface area contributed by atoms with Gasteiger partial charge in [-0.15, -0.1) is 0 Å². The van der Waals surface area contributed by atoms with Crippen LogP contribution in [0.15, 0.2) is 24.4 Å². The molecule has 1 radical (unpaired) electrons. The molecule has 0 saturated carbocycles. The maximum absolute atomic E-state index is 3.18. The quantitative estimate of drug-likeness (QED) is 0.627. The van der Waals surface area contributed by atoms with E-state index in [4.69, 9.17) is 0 Å². The molecule has 0 aliphatic carbocycles. The number of rotatable bonds is 0. The first kappa shape index (κ1) is 8.36. The third-order valence-electron chi connectivity index (χ3n) is 2.34. The minimum Gasteiger partial charge on any atom is -0.361 e. The lowest BCUT2D eigenvalue weighted by Crippen LogP contribution is -2.10. The van der Waals surface area contributed by atoms with Crippen molar-refractivity contribution >= 4 is 10.9 Å². The van der Waals surface area contributed by atoms with E-state index in [0.29, 0.717) is 0 Å². The maximum Gasteiger partial charge on any atom is 0.0463 e. The molecule has 67 valence electrons. The van der Waals surface area contributed by atoms with Gasteiger partial charge in [-0.25, -0.2) is 0 Å². The summed E-state index contributed by atoms with van der Waals surface area (Å²) in [6.07, 6.45) is 1.86. The zero-order valence-electron chi connectivity index (χ0n) is 8.31. The molecular formula is C12H14N. The lowest BCUT2D eigenvalue weighted by atomic mass is 9.87. The maximum atomic E-state index is 3.18. The smallest absolute Gasteiger partial charge is 0.0463 e. The molecule has 1 heteroatoms. The average Bonchev–Trinajstić information content (AvgIpc) is 2.47. The van der Waals surface area contributed by atoms with Crippen LogP contribution in [0.25, 0.3) is 10.9 Å². The molecule has 0 fully saturated rings. The van der Waals surface area contributed by atoms with Gasteiger partial charge in [0.1, 0.15) is 0 Å². The summed E-state index contributed by atoms with van der Waals surface area (Å²) in [5.41, 5.74) is 2.75. The number of hydrogen-bond acceptors (Lipinski definition) is 0. The highest BCUT2D eigenvalue weighted by Gasteiger charge is 2.13. The van der Waals surface area contributed by atoms with Gasteiger partial charge in [-0.1, -0.05) is 32.9 Å². The van der Waals surface area contributed by atoms with Crippen molar-refractivity contribution in [2.24, 2.45) is 0 Å². The minimum absolute atomic E-state index is 0.222. The van der Waals surface area contributed by atoms with Crippen LogP contribution in [0.3, 0.4) is 0 Å².